The van der Waals surface area contributed by atoms with Gasteiger partial charge in [-0.15, -0.1) is 0 Å². The molecule has 2 aromatic carbocycles. The number of benzene rings is 2. The molecule has 0 spiro atoms. The van der Waals surface area contributed by atoms with E-state index < -0.39 is 0 Å². The van der Waals surface area contributed by atoms with Crippen LogP contribution < -0.4 is 9.47 Å². The summed E-state index contributed by atoms with van der Waals surface area (Å²) in [6, 6.07) is 12.4. The van der Waals surface area contributed by atoms with Gasteiger partial charge in [0.15, 0.2) is 0 Å². The number of likely N-dealkylation sites (tertiary alicyclic amines) is 1. The van der Waals surface area contributed by atoms with Crippen molar-refractivity contribution < 1.29 is 9.47 Å². The molecule has 6 nitrogen and oxygen atoms in total. The Kier molecular flexibility index (Phi) is 4.13. The molecule has 4 aromatic rings. The SMILES string of the molecule is COc1cc2c(Oc3ccc4[nH]ccc4c3)ncnc2cc1[C@@H]1CCCN1C. The Morgan fingerprint density at radius 3 is 2.89 bits per heavy atom. The maximum absolute atomic E-state index is 6.12. The van der Waals surface area contributed by atoms with E-state index in [9.17, 15) is 0 Å². The highest BCUT2D eigenvalue weighted by atomic mass is 16.5. The molecule has 142 valence electrons. The lowest BCUT2D eigenvalue weighted by atomic mass is 10.0. The molecule has 1 aliphatic heterocycles. The number of hydrogen-bond acceptors (Lipinski definition) is 5. The molecule has 0 bridgehead atoms. The third-order valence-electron chi connectivity index (χ3n) is 5.57. The fourth-order valence-electron chi connectivity index (χ4n) is 4.10. The monoisotopic (exact) mass is 374 g/mol. The lowest BCUT2D eigenvalue weighted by Crippen LogP contribution is -2.18. The zero-order chi connectivity index (χ0) is 19.1. The summed E-state index contributed by atoms with van der Waals surface area (Å²) in [5.74, 6) is 2.13. The van der Waals surface area contributed by atoms with Crippen LogP contribution in [-0.2, 0) is 0 Å². The third kappa shape index (κ3) is 2.86. The smallest absolute Gasteiger partial charge is 0.230 e. The summed E-state index contributed by atoms with van der Waals surface area (Å²) < 4.78 is 11.8. The van der Waals surface area contributed by atoms with Gasteiger partial charge in [-0.05, 0) is 62.8 Å². The Labute approximate surface area is 163 Å². The third-order valence-corrected chi connectivity index (χ3v) is 5.57. The van der Waals surface area contributed by atoms with Crippen molar-refractivity contribution in [1.82, 2.24) is 19.9 Å². The first-order chi connectivity index (χ1) is 13.7. The van der Waals surface area contributed by atoms with Crippen LogP contribution in [0.15, 0.2) is 48.9 Å². The van der Waals surface area contributed by atoms with E-state index in [4.69, 9.17) is 9.47 Å². The largest absolute Gasteiger partial charge is 0.496 e. The van der Waals surface area contributed by atoms with E-state index in [1.54, 1.807) is 13.4 Å². The number of methoxy groups -OCH3 is 1. The second-order valence-corrected chi connectivity index (χ2v) is 7.26. The number of H-pyrrole nitrogens is 1. The molecule has 6 heteroatoms. The second-order valence-electron chi connectivity index (χ2n) is 7.26. The van der Waals surface area contributed by atoms with Crippen molar-refractivity contribution in [2.75, 3.05) is 20.7 Å². The number of fused-ring (bicyclic) bond motifs is 2. The topological polar surface area (TPSA) is 63.3 Å². The van der Waals surface area contributed by atoms with Gasteiger partial charge in [-0.3, -0.25) is 4.90 Å². The average molecular weight is 374 g/mol. The summed E-state index contributed by atoms with van der Waals surface area (Å²) in [7, 11) is 3.87. The second kappa shape index (κ2) is 6.80. The molecule has 0 saturated carbocycles. The minimum Gasteiger partial charge on any atom is -0.496 e. The Morgan fingerprint density at radius 1 is 1.14 bits per heavy atom. The Morgan fingerprint density at radius 2 is 2.07 bits per heavy atom. The number of aromatic amines is 1. The lowest BCUT2D eigenvalue weighted by Gasteiger charge is -2.22. The molecule has 2 aromatic heterocycles. The number of hydrogen-bond donors (Lipinski definition) is 1. The maximum atomic E-state index is 6.12. The normalized spacial score (nSPS) is 17.4. The van der Waals surface area contributed by atoms with E-state index in [-0.39, 0.29) is 0 Å². The van der Waals surface area contributed by atoms with Crippen molar-refractivity contribution in [3.8, 4) is 17.4 Å². The Balaban J connectivity index is 1.57. The van der Waals surface area contributed by atoms with E-state index in [1.807, 2.05) is 36.5 Å². The minimum atomic E-state index is 0.356. The van der Waals surface area contributed by atoms with Crippen LogP contribution in [0.4, 0.5) is 0 Å². The van der Waals surface area contributed by atoms with Gasteiger partial charge < -0.3 is 14.5 Å². The summed E-state index contributed by atoms with van der Waals surface area (Å²) in [6.07, 6.45) is 5.80. The standard InChI is InChI=1S/C22H22N4O2/c1-26-9-3-4-20(26)17-11-19-16(12-21(17)27-2)22(25-13-24-19)28-15-5-6-18-14(10-15)7-8-23-18/h5-8,10-13,20,23H,3-4,9H2,1-2H3/t20-/m0/s1. The molecule has 1 saturated heterocycles. The van der Waals surface area contributed by atoms with E-state index in [0.29, 0.717) is 11.9 Å². The van der Waals surface area contributed by atoms with Crippen molar-refractivity contribution >= 4 is 21.8 Å². The van der Waals surface area contributed by atoms with Crippen molar-refractivity contribution in [1.29, 1.82) is 0 Å². The first kappa shape index (κ1) is 17.0. The summed E-state index contributed by atoms with van der Waals surface area (Å²) in [5.41, 5.74) is 3.11. The predicted octanol–water partition coefficient (Wildman–Crippen LogP) is 4.68. The van der Waals surface area contributed by atoms with Crippen molar-refractivity contribution in [3.05, 3.63) is 54.5 Å². The maximum Gasteiger partial charge on any atom is 0.230 e. The van der Waals surface area contributed by atoms with Crippen LogP contribution in [0.5, 0.6) is 17.4 Å². The van der Waals surface area contributed by atoms with Gasteiger partial charge in [0, 0.05) is 28.7 Å². The summed E-state index contributed by atoms with van der Waals surface area (Å²) in [5, 5.41) is 1.94. The van der Waals surface area contributed by atoms with E-state index in [2.05, 4.69) is 33.0 Å². The average Bonchev–Trinajstić information content (AvgIpc) is 3.35. The molecule has 1 N–H and O–H groups in total. The van der Waals surface area contributed by atoms with Gasteiger partial charge in [0.2, 0.25) is 5.88 Å². The first-order valence-corrected chi connectivity index (χ1v) is 9.51. The first-order valence-electron chi connectivity index (χ1n) is 9.51. The molecule has 28 heavy (non-hydrogen) atoms. The zero-order valence-electron chi connectivity index (χ0n) is 16.0. The predicted molar refractivity (Wildman–Crippen MR) is 109 cm³/mol. The van der Waals surface area contributed by atoms with Crippen molar-refractivity contribution in [2.24, 2.45) is 0 Å². The van der Waals surface area contributed by atoms with Crippen LogP contribution in [0.25, 0.3) is 21.8 Å². The van der Waals surface area contributed by atoms with E-state index in [1.165, 1.54) is 12.0 Å². The molecule has 1 atom stereocenters. The summed E-state index contributed by atoms with van der Waals surface area (Å²) in [6.45, 7) is 1.10. The van der Waals surface area contributed by atoms with Crippen molar-refractivity contribution in [3.63, 3.8) is 0 Å². The van der Waals surface area contributed by atoms with Gasteiger partial charge in [-0.1, -0.05) is 0 Å². The number of aromatic nitrogens is 3. The van der Waals surface area contributed by atoms with Crippen molar-refractivity contribution in [2.45, 2.75) is 18.9 Å². The van der Waals surface area contributed by atoms with Gasteiger partial charge in [0.25, 0.3) is 0 Å². The number of ether oxygens (including phenoxy) is 2. The van der Waals surface area contributed by atoms with Gasteiger partial charge in [-0.2, -0.15) is 0 Å². The van der Waals surface area contributed by atoms with Gasteiger partial charge in [-0.25, -0.2) is 9.97 Å². The van der Waals surface area contributed by atoms with Crippen LogP contribution in [0.3, 0.4) is 0 Å². The van der Waals surface area contributed by atoms with Crippen LogP contribution in [0.1, 0.15) is 24.4 Å². The molecule has 1 aliphatic rings. The van der Waals surface area contributed by atoms with E-state index in [0.717, 1.165) is 46.3 Å². The molecule has 0 radical (unpaired) electrons. The number of nitrogens with one attached hydrogen (secondary N) is 1. The fraction of sp³-hybridized carbons (Fsp3) is 0.273. The highest BCUT2D eigenvalue weighted by Crippen LogP contribution is 2.40. The number of nitrogens with zero attached hydrogens (tertiary/aromatic N) is 3. The Hall–Kier alpha value is -3.12. The molecular weight excluding hydrogens is 352 g/mol. The van der Waals surface area contributed by atoms with Gasteiger partial charge in [0.05, 0.1) is 18.0 Å². The molecule has 5 rings (SSSR count). The highest BCUT2D eigenvalue weighted by molar-refractivity contribution is 5.86. The van der Waals surface area contributed by atoms with Crippen LogP contribution in [0.2, 0.25) is 0 Å². The highest BCUT2D eigenvalue weighted by Gasteiger charge is 2.26. The Bertz CT molecular complexity index is 1150. The zero-order valence-corrected chi connectivity index (χ0v) is 16.0. The molecule has 3 heterocycles. The van der Waals surface area contributed by atoms with Gasteiger partial charge >= 0.3 is 0 Å². The fourth-order valence-corrected chi connectivity index (χ4v) is 4.10. The molecule has 0 aliphatic carbocycles. The molecular formula is C22H22N4O2. The molecule has 0 unspecified atom stereocenters. The quantitative estimate of drug-likeness (QED) is 0.562. The van der Waals surface area contributed by atoms with Gasteiger partial charge in [0.1, 0.15) is 17.8 Å². The molecule has 1 fully saturated rings. The van der Waals surface area contributed by atoms with Crippen LogP contribution >= 0.6 is 0 Å². The minimum absolute atomic E-state index is 0.356. The summed E-state index contributed by atoms with van der Waals surface area (Å²) >= 11 is 0. The summed E-state index contributed by atoms with van der Waals surface area (Å²) in [4.78, 5) is 14.4. The molecule has 0 amide bonds. The lowest BCUT2D eigenvalue weighted by molar-refractivity contribution is 0.306. The van der Waals surface area contributed by atoms with Crippen LogP contribution in [-0.4, -0.2) is 40.6 Å². The van der Waals surface area contributed by atoms with Crippen LogP contribution in [0, 0.1) is 0 Å². The number of rotatable bonds is 4. The van der Waals surface area contributed by atoms with E-state index >= 15 is 0 Å².